The standard InChI is InChI=1S/C14H31NO5Si/c1-5-18-21(19-6-2,20-7-3)13-9-8-11-15-12-10-14(16)17-4/h15H,5-13H2,1-4H3. The molecule has 0 rings (SSSR count). The topological polar surface area (TPSA) is 66.0 Å². The van der Waals surface area contributed by atoms with Crippen LogP contribution in [0.2, 0.25) is 6.04 Å². The first-order valence-corrected chi connectivity index (χ1v) is 9.76. The van der Waals surface area contributed by atoms with Crippen LogP contribution in [0.4, 0.5) is 0 Å². The Balaban J connectivity index is 3.88. The van der Waals surface area contributed by atoms with E-state index in [9.17, 15) is 4.79 Å². The van der Waals surface area contributed by atoms with Gasteiger partial charge in [0.1, 0.15) is 0 Å². The molecule has 6 nitrogen and oxygen atoms in total. The monoisotopic (exact) mass is 321 g/mol. The molecule has 0 aliphatic rings. The van der Waals surface area contributed by atoms with E-state index in [1.54, 1.807) is 0 Å². The van der Waals surface area contributed by atoms with Crippen molar-refractivity contribution in [1.82, 2.24) is 5.32 Å². The molecule has 0 aromatic carbocycles. The van der Waals surface area contributed by atoms with Crippen LogP contribution in [0, 0.1) is 0 Å². The third-order valence-corrected chi connectivity index (χ3v) is 6.06. The molecule has 7 heteroatoms. The minimum atomic E-state index is -2.49. The maximum absolute atomic E-state index is 10.9. The zero-order valence-corrected chi connectivity index (χ0v) is 14.9. The highest BCUT2D eigenvalue weighted by molar-refractivity contribution is 6.60. The molecule has 0 radical (unpaired) electrons. The Kier molecular flexibility index (Phi) is 12.9. The first kappa shape index (κ1) is 20.5. The number of carbonyl (C=O) groups is 1. The van der Waals surface area contributed by atoms with Gasteiger partial charge in [0.25, 0.3) is 0 Å². The predicted octanol–water partition coefficient (Wildman–Crippen LogP) is 1.97. The molecule has 0 saturated heterocycles. The lowest BCUT2D eigenvalue weighted by atomic mass is 10.3. The molecular formula is C14H31NO5Si. The molecule has 0 atom stereocenters. The van der Waals surface area contributed by atoms with Crippen LogP contribution in [0.25, 0.3) is 0 Å². The Labute approximate surface area is 129 Å². The number of hydrogen-bond acceptors (Lipinski definition) is 6. The number of unbranched alkanes of at least 4 members (excludes halogenated alkanes) is 1. The summed E-state index contributed by atoms with van der Waals surface area (Å²) in [6, 6.07) is 0.835. The Bertz CT molecular complexity index is 249. The van der Waals surface area contributed by atoms with Crippen LogP contribution in [0.5, 0.6) is 0 Å². The van der Waals surface area contributed by atoms with Crippen molar-refractivity contribution in [3.63, 3.8) is 0 Å². The van der Waals surface area contributed by atoms with Gasteiger partial charge in [0, 0.05) is 32.4 Å². The molecule has 0 unspecified atom stereocenters. The van der Waals surface area contributed by atoms with Gasteiger partial charge in [-0.1, -0.05) is 0 Å². The summed E-state index contributed by atoms with van der Waals surface area (Å²) in [5.74, 6) is -0.182. The van der Waals surface area contributed by atoms with Crippen molar-refractivity contribution < 1.29 is 22.8 Å². The van der Waals surface area contributed by atoms with Crippen LogP contribution < -0.4 is 5.32 Å². The molecular weight excluding hydrogens is 290 g/mol. The summed E-state index contributed by atoms with van der Waals surface area (Å²) in [6.45, 7) is 9.26. The molecule has 0 aliphatic carbocycles. The lowest BCUT2D eigenvalue weighted by Crippen LogP contribution is -2.46. The maximum Gasteiger partial charge on any atom is 0.500 e. The summed E-state index contributed by atoms with van der Waals surface area (Å²) >= 11 is 0. The summed E-state index contributed by atoms with van der Waals surface area (Å²) in [6.07, 6.45) is 2.40. The van der Waals surface area contributed by atoms with Gasteiger partial charge in [-0.25, -0.2) is 0 Å². The Morgan fingerprint density at radius 2 is 1.52 bits per heavy atom. The molecule has 0 amide bonds. The molecule has 0 spiro atoms. The molecule has 0 bridgehead atoms. The van der Waals surface area contributed by atoms with Crippen molar-refractivity contribution in [3.05, 3.63) is 0 Å². The molecule has 0 fully saturated rings. The summed E-state index contributed by atoms with van der Waals surface area (Å²) in [7, 11) is -1.09. The van der Waals surface area contributed by atoms with Gasteiger partial charge in [0.05, 0.1) is 13.5 Å². The van der Waals surface area contributed by atoms with Crippen molar-refractivity contribution in [2.24, 2.45) is 0 Å². The van der Waals surface area contributed by atoms with E-state index >= 15 is 0 Å². The fraction of sp³-hybridized carbons (Fsp3) is 0.929. The Morgan fingerprint density at radius 3 is 2.00 bits per heavy atom. The average molecular weight is 321 g/mol. The van der Waals surface area contributed by atoms with E-state index < -0.39 is 8.80 Å². The number of esters is 1. The first-order chi connectivity index (χ1) is 10.1. The van der Waals surface area contributed by atoms with E-state index in [0.717, 1.165) is 25.4 Å². The van der Waals surface area contributed by atoms with Crippen LogP contribution in [-0.2, 0) is 22.8 Å². The summed E-state index contributed by atoms with van der Waals surface area (Å²) < 4.78 is 22.0. The van der Waals surface area contributed by atoms with Crippen LogP contribution >= 0.6 is 0 Å². The second-order valence-corrected chi connectivity index (χ2v) is 7.25. The number of carbonyl (C=O) groups excluding carboxylic acids is 1. The highest BCUT2D eigenvalue weighted by Crippen LogP contribution is 2.19. The first-order valence-electron chi connectivity index (χ1n) is 7.83. The minimum absolute atomic E-state index is 0.182. The molecule has 0 aliphatic heterocycles. The van der Waals surface area contributed by atoms with Crippen molar-refractivity contribution in [2.45, 2.75) is 46.1 Å². The van der Waals surface area contributed by atoms with E-state index in [2.05, 4.69) is 10.1 Å². The Morgan fingerprint density at radius 1 is 0.952 bits per heavy atom. The van der Waals surface area contributed by atoms with Crippen molar-refractivity contribution in [3.8, 4) is 0 Å². The van der Waals surface area contributed by atoms with Gasteiger partial charge in [0.2, 0.25) is 0 Å². The van der Waals surface area contributed by atoms with Gasteiger partial charge >= 0.3 is 14.8 Å². The number of rotatable bonds is 14. The predicted molar refractivity (Wildman–Crippen MR) is 84.2 cm³/mol. The van der Waals surface area contributed by atoms with Crippen LogP contribution in [0.1, 0.15) is 40.0 Å². The molecule has 0 heterocycles. The maximum atomic E-state index is 10.9. The summed E-state index contributed by atoms with van der Waals surface area (Å²) in [5, 5.41) is 3.23. The largest absolute Gasteiger partial charge is 0.500 e. The number of methoxy groups -OCH3 is 1. The molecule has 1 N–H and O–H groups in total. The van der Waals surface area contributed by atoms with E-state index in [0.29, 0.717) is 32.8 Å². The van der Waals surface area contributed by atoms with Gasteiger partial charge in [-0.2, -0.15) is 0 Å². The fourth-order valence-electron chi connectivity index (χ4n) is 2.01. The SMILES string of the molecule is CCO[Si](CCCCNCCC(=O)OC)(OCC)OCC. The lowest BCUT2D eigenvalue weighted by Gasteiger charge is -2.28. The van der Waals surface area contributed by atoms with E-state index in [4.69, 9.17) is 13.3 Å². The number of hydrogen-bond donors (Lipinski definition) is 1. The zero-order valence-electron chi connectivity index (χ0n) is 13.9. The summed E-state index contributed by atoms with van der Waals surface area (Å²) in [4.78, 5) is 10.9. The van der Waals surface area contributed by atoms with Crippen LogP contribution in [0.15, 0.2) is 0 Å². The normalized spacial score (nSPS) is 11.6. The quantitative estimate of drug-likeness (QED) is 0.300. The zero-order chi connectivity index (χ0) is 16.0. The van der Waals surface area contributed by atoms with Crippen LogP contribution in [0.3, 0.4) is 0 Å². The van der Waals surface area contributed by atoms with E-state index in [1.165, 1.54) is 7.11 Å². The van der Waals surface area contributed by atoms with Crippen molar-refractivity contribution in [2.75, 3.05) is 40.0 Å². The van der Waals surface area contributed by atoms with Crippen molar-refractivity contribution >= 4 is 14.8 Å². The Hall–Kier alpha value is -0.473. The highest BCUT2D eigenvalue weighted by atomic mass is 28.4. The second kappa shape index (κ2) is 13.2. The lowest BCUT2D eigenvalue weighted by molar-refractivity contribution is -0.140. The third kappa shape index (κ3) is 9.97. The van der Waals surface area contributed by atoms with Gasteiger partial charge in [0.15, 0.2) is 0 Å². The van der Waals surface area contributed by atoms with Crippen LogP contribution in [-0.4, -0.2) is 54.8 Å². The van der Waals surface area contributed by atoms with Gasteiger partial charge in [-0.3, -0.25) is 4.79 Å². The molecule has 0 saturated carbocycles. The second-order valence-electron chi connectivity index (χ2n) is 4.52. The number of nitrogens with one attached hydrogen (secondary N) is 1. The van der Waals surface area contributed by atoms with Crippen molar-refractivity contribution in [1.29, 1.82) is 0 Å². The number of ether oxygens (including phenoxy) is 1. The molecule has 0 aromatic heterocycles. The fourth-order valence-corrected chi connectivity index (χ4v) is 4.70. The summed E-state index contributed by atoms with van der Waals surface area (Å²) in [5.41, 5.74) is 0. The minimum Gasteiger partial charge on any atom is -0.469 e. The molecule has 21 heavy (non-hydrogen) atoms. The van der Waals surface area contributed by atoms with E-state index in [-0.39, 0.29) is 5.97 Å². The van der Waals surface area contributed by atoms with Gasteiger partial charge in [-0.15, -0.1) is 0 Å². The van der Waals surface area contributed by atoms with Gasteiger partial charge < -0.3 is 23.3 Å². The molecule has 0 aromatic rings. The average Bonchev–Trinajstić information content (AvgIpc) is 2.46. The third-order valence-electron chi connectivity index (χ3n) is 2.91. The van der Waals surface area contributed by atoms with E-state index in [1.807, 2.05) is 20.8 Å². The smallest absolute Gasteiger partial charge is 0.469 e. The van der Waals surface area contributed by atoms with Gasteiger partial charge in [-0.05, 0) is 40.2 Å². The molecule has 126 valence electrons. The highest BCUT2D eigenvalue weighted by Gasteiger charge is 2.39.